The molecule has 0 spiro atoms. The molecule has 0 N–H and O–H groups in total. The quantitative estimate of drug-likeness (QED) is 0.663. The fourth-order valence-electron chi connectivity index (χ4n) is 6.61. The van der Waals surface area contributed by atoms with Gasteiger partial charge in [0, 0.05) is 10.8 Å². The van der Waals surface area contributed by atoms with E-state index in [4.69, 9.17) is 9.47 Å². The van der Waals surface area contributed by atoms with E-state index in [0.717, 1.165) is 38.5 Å². The standard InChI is InChI=1S/C22H30O4/c1-4-25-20(24)26-19-8-7-17-16-6-5-14-13-15(23)9-11-21(14,2)18(16)10-12-22(17,19)3/h9,11,13,16-19H,4-8,10,12H2,1-3H3/t16-,17-,18-,19-,21-,22-/m0/s1. The Bertz CT molecular complexity index is 678. The van der Waals surface area contributed by atoms with Crippen LogP contribution in [0.3, 0.4) is 0 Å². The third kappa shape index (κ3) is 2.56. The van der Waals surface area contributed by atoms with Gasteiger partial charge in [-0.25, -0.2) is 4.79 Å². The van der Waals surface area contributed by atoms with Crippen molar-refractivity contribution in [3.05, 3.63) is 23.8 Å². The van der Waals surface area contributed by atoms with E-state index in [0.29, 0.717) is 24.4 Å². The minimum Gasteiger partial charge on any atom is -0.435 e. The molecule has 142 valence electrons. The number of ketones is 1. The monoisotopic (exact) mass is 358 g/mol. The largest absolute Gasteiger partial charge is 0.508 e. The van der Waals surface area contributed by atoms with Crippen molar-refractivity contribution in [1.29, 1.82) is 0 Å². The molecule has 0 saturated heterocycles. The molecule has 0 aromatic heterocycles. The molecule has 4 heteroatoms. The smallest absolute Gasteiger partial charge is 0.435 e. The molecule has 4 aliphatic carbocycles. The van der Waals surface area contributed by atoms with Crippen LogP contribution in [0, 0.1) is 28.6 Å². The van der Waals surface area contributed by atoms with E-state index < -0.39 is 6.16 Å². The third-order valence-corrected chi connectivity index (χ3v) is 7.97. The lowest BCUT2D eigenvalue weighted by Gasteiger charge is -2.56. The molecule has 0 unspecified atom stereocenters. The van der Waals surface area contributed by atoms with E-state index in [9.17, 15) is 9.59 Å². The third-order valence-electron chi connectivity index (χ3n) is 7.97. The summed E-state index contributed by atoms with van der Waals surface area (Å²) in [7, 11) is 0. The number of ether oxygens (including phenoxy) is 2. The fourth-order valence-corrected chi connectivity index (χ4v) is 6.61. The molecule has 0 bridgehead atoms. The minimum atomic E-state index is -0.518. The zero-order valence-corrected chi connectivity index (χ0v) is 16.1. The van der Waals surface area contributed by atoms with Gasteiger partial charge in [-0.1, -0.05) is 25.5 Å². The molecule has 0 heterocycles. The molecule has 0 aliphatic heterocycles. The summed E-state index contributed by atoms with van der Waals surface area (Å²) < 4.78 is 10.7. The molecule has 4 aliphatic rings. The molecule has 0 aromatic rings. The summed E-state index contributed by atoms with van der Waals surface area (Å²) in [5.41, 5.74) is 1.41. The number of rotatable bonds is 2. The Hall–Kier alpha value is -1.58. The van der Waals surface area contributed by atoms with Crippen molar-refractivity contribution in [1.82, 2.24) is 0 Å². The first kappa shape index (κ1) is 17.8. The summed E-state index contributed by atoms with van der Waals surface area (Å²) in [6, 6.07) is 0. The number of hydrogen-bond acceptors (Lipinski definition) is 4. The lowest BCUT2D eigenvalue weighted by atomic mass is 9.48. The predicted molar refractivity (Wildman–Crippen MR) is 98.5 cm³/mol. The van der Waals surface area contributed by atoms with Gasteiger partial charge in [0.2, 0.25) is 0 Å². The molecule has 6 atom stereocenters. The number of fused-ring (bicyclic) bond motifs is 5. The second-order valence-electron chi connectivity index (χ2n) is 9.01. The van der Waals surface area contributed by atoms with E-state index in [2.05, 4.69) is 19.9 Å². The van der Waals surface area contributed by atoms with Crippen molar-refractivity contribution in [2.75, 3.05) is 6.61 Å². The average Bonchev–Trinajstić information content (AvgIpc) is 2.92. The Balaban J connectivity index is 1.56. The highest BCUT2D eigenvalue weighted by molar-refractivity contribution is 6.01. The zero-order chi connectivity index (χ0) is 18.5. The second-order valence-corrected chi connectivity index (χ2v) is 9.01. The van der Waals surface area contributed by atoms with E-state index >= 15 is 0 Å². The van der Waals surface area contributed by atoms with Gasteiger partial charge in [0.15, 0.2) is 5.78 Å². The van der Waals surface area contributed by atoms with Crippen LogP contribution in [0.15, 0.2) is 23.8 Å². The van der Waals surface area contributed by atoms with Gasteiger partial charge < -0.3 is 9.47 Å². The van der Waals surface area contributed by atoms with Crippen LogP contribution in [0.4, 0.5) is 4.79 Å². The molecule has 4 rings (SSSR count). The molecular weight excluding hydrogens is 328 g/mol. The average molecular weight is 358 g/mol. The summed E-state index contributed by atoms with van der Waals surface area (Å²) >= 11 is 0. The van der Waals surface area contributed by atoms with Gasteiger partial charge in [-0.15, -0.1) is 0 Å². The summed E-state index contributed by atoms with van der Waals surface area (Å²) in [5.74, 6) is 1.96. The van der Waals surface area contributed by atoms with Crippen molar-refractivity contribution in [3.8, 4) is 0 Å². The first-order valence-corrected chi connectivity index (χ1v) is 10.2. The number of carbonyl (C=O) groups excluding carboxylic acids is 2. The molecule has 3 saturated carbocycles. The van der Waals surface area contributed by atoms with Crippen molar-refractivity contribution in [2.24, 2.45) is 28.6 Å². The Morgan fingerprint density at radius 1 is 1.19 bits per heavy atom. The van der Waals surface area contributed by atoms with Crippen LogP contribution in [0.5, 0.6) is 0 Å². The highest BCUT2D eigenvalue weighted by atomic mass is 16.7. The summed E-state index contributed by atoms with van der Waals surface area (Å²) in [6.07, 6.45) is 11.7. The highest BCUT2D eigenvalue weighted by Gasteiger charge is 2.59. The Kier molecular flexibility index (Phi) is 4.28. The molecule has 3 fully saturated rings. The van der Waals surface area contributed by atoms with Gasteiger partial charge in [0.1, 0.15) is 6.10 Å². The van der Waals surface area contributed by atoms with Crippen molar-refractivity contribution in [2.45, 2.75) is 65.4 Å². The number of allylic oxidation sites excluding steroid dienone is 4. The summed E-state index contributed by atoms with van der Waals surface area (Å²) in [6.45, 7) is 6.80. The molecular formula is C22H30O4. The maximum absolute atomic E-state index is 11.9. The second kappa shape index (κ2) is 6.24. The summed E-state index contributed by atoms with van der Waals surface area (Å²) in [5, 5.41) is 0. The van der Waals surface area contributed by atoms with Crippen molar-refractivity contribution in [3.63, 3.8) is 0 Å². The predicted octanol–water partition coefficient (Wildman–Crippen LogP) is 4.84. The first-order chi connectivity index (χ1) is 12.4. The SMILES string of the molecule is CCOC(=O)O[C@H]1CC[C@H]2[C@@H]3CCC4=CC(=O)C=C[C@]4(C)[C@H]3CC[C@]12C. The molecule has 26 heavy (non-hydrogen) atoms. The van der Waals surface area contributed by atoms with E-state index in [-0.39, 0.29) is 22.7 Å². The summed E-state index contributed by atoms with van der Waals surface area (Å²) in [4.78, 5) is 23.7. The van der Waals surface area contributed by atoms with Crippen LogP contribution in [-0.4, -0.2) is 24.6 Å². The van der Waals surface area contributed by atoms with Crippen LogP contribution < -0.4 is 0 Å². The first-order valence-electron chi connectivity index (χ1n) is 10.2. The van der Waals surface area contributed by atoms with Crippen LogP contribution in [0.1, 0.15) is 59.3 Å². The van der Waals surface area contributed by atoms with Crippen LogP contribution in [-0.2, 0) is 14.3 Å². The van der Waals surface area contributed by atoms with Crippen LogP contribution in [0.2, 0.25) is 0 Å². The lowest BCUT2D eigenvalue weighted by Crippen LogP contribution is -2.51. The minimum absolute atomic E-state index is 0.0260. The maximum Gasteiger partial charge on any atom is 0.508 e. The van der Waals surface area contributed by atoms with Gasteiger partial charge in [-0.05, 0) is 75.4 Å². The molecule has 4 nitrogen and oxygen atoms in total. The van der Waals surface area contributed by atoms with Gasteiger partial charge >= 0.3 is 6.16 Å². The van der Waals surface area contributed by atoms with E-state index in [1.807, 2.05) is 13.0 Å². The van der Waals surface area contributed by atoms with Crippen molar-refractivity contribution >= 4 is 11.9 Å². The number of hydrogen-bond donors (Lipinski definition) is 0. The molecule has 0 amide bonds. The Morgan fingerprint density at radius 3 is 2.77 bits per heavy atom. The van der Waals surface area contributed by atoms with Crippen LogP contribution in [0.25, 0.3) is 0 Å². The Morgan fingerprint density at radius 2 is 2.00 bits per heavy atom. The van der Waals surface area contributed by atoms with E-state index in [1.165, 1.54) is 5.57 Å². The van der Waals surface area contributed by atoms with Gasteiger partial charge in [-0.2, -0.15) is 0 Å². The van der Waals surface area contributed by atoms with Crippen LogP contribution >= 0.6 is 0 Å². The van der Waals surface area contributed by atoms with Gasteiger partial charge in [0.05, 0.1) is 6.61 Å². The molecule has 0 aromatic carbocycles. The molecule has 0 radical (unpaired) electrons. The fraction of sp³-hybridized carbons (Fsp3) is 0.727. The normalized spacial score (nSPS) is 43.8. The topological polar surface area (TPSA) is 52.6 Å². The Labute approximate surface area is 156 Å². The highest BCUT2D eigenvalue weighted by Crippen LogP contribution is 2.64. The van der Waals surface area contributed by atoms with E-state index in [1.54, 1.807) is 6.08 Å². The lowest BCUT2D eigenvalue weighted by molar-refractivity contribution is -0.111. The van der Waals surface area contributed by atoms with Crippen molar-refractivity contribution < 1.29 is 19.1 Å². The number of carbonyl (C=O) groups is 2. The van der Waals surface area contributed by atoms with Gasteiger partial charge in [-0.3, -0.25) is 4.79 Å². The zero-order valence-electron chi connectivity index (χ0n) is 16.1. The van der Waals surface area contributed by atoms with Gasteiger partial charge in [0.25, 0.3) is 0 Å². The maximum atomic E-state index is 11.9.